The van der Waals surface area contributed by atoms with Gasteiger partial charge in [-0.05, 0) is 62.1 Å². The average molecular weight is 443 g/mol. The number of fused-ring (bicyclic) bond motifs is 1. The van der Waals surface area contributed by atoms with Crippen molar-refractivity contribution in [3.8, 4) is 17.3 Å². The number of aromatic amines is 1. The van der Waals surface area contributed by atoms with Crippen molar-refractivity contribution >= 4 is 28.4 Å². The van der Waals surface area contributed by atoms with E-state index in [1.54, 1.807) is 31.6 Å². The summed E-state index contributed by atoms with van der Waals surface area (Å²) in [4.78, 5) is 32.0. The summed E-state index contributed by atoms with van der Waals surface area (Å²) >= 11 is 0. The largest absolute Gasteiger partial charge is 0.481 e. The standard InChI is InChI=1S/C25H26N6O2/c1-16-14-21(33-2)27-15-20(16)28-25(32)19-10-11-26-24-22(19)29-23(30-24)17-6-8-18(9-7-17)31-12-4-3-5-13-31/h6-11,14-15H,3-5,12-13H2,1-2H3,(H,28,32)(H,26,29,30). The van der Waals surface area contributed by atoms with Gasteiger partial charge in [0.2, 0.25) is 5.88 Å². The zero-order valence-corrected chi connectivity index (χ0v) is 18.8. The zero-order chi connectivity index (χ0) is 22.8. The average Bonchev–Trinajstić information content (AvgIpc) is 3.30. The summed E-state index contributed by atoms with van der Waals surface area (Å²) in [6, 6.07) is 11.8. The lowest BCUT2D eigenvalue weighted by Gasteiger charge is -2.28. The molecule has 8 heteroatoms. The maximum Gasteiger partial charge on any atom is 0.258 e. The Balaban J connectivity index is 1.40. The number of ether oxygens (including phenoxy) is 1. The third-order valence-electron chi connectivity index (χ3n) is 6.03. The van der Waals surface area contributed by atoms with Crippen LogP contribution in [0, 0.1) is 6.92 Å². The number of nitrogens with zero attached hydrogens (tertiary/aromatic N) is 4. The number of carbonyl (C=O) groups excluding carboxylic acids is 1. The van der Waals surface area contributed by atoms with Crippen molar-refractivity contribution in [1.29, 1.82) is 0 Å². The number of amides is 1. The molecule has 0 saturated carbocycles. The Morgan fingerprint density at radius 3 is 2.61 bits per heavy atom. The van der Waals surface area contributed by atoms with Crippen LogP contribution >= 0.6 is 0 Å². The molecule has 1 fully saturated rings. The fourth-order valence-electron chi connectivity index (χ4n) is 4.18. The van der Waals surface area contributed by atoms with Gasteiger partial charge in [0.15, 0.2) is 5.65 Å². The van der Waals surface area contributed by atoms with E-state index in [2.05, 4.69) is 49.4 Å². The summed E-state index contributed by atoms with van der Waals surface area (Å²) < 4.78 is 5.13. The highest BCUT2D eigenvalue weighted by atomic mass is 16.5. The smallest absolute Gasteiger partial charge is 0.258 e. The molecular weight excluding hydrogens is 416 g/mol. The van der Waals surface area contributed by atoms with Crippen molar-refractivity contribution in [2.75, 3.05) is 30.4 Å². The highest BCUT2D eigenvalue weighted by Crippen LogP contribution is 2.26. The van der Waals surface area contributed by atoms with Crippen LogP contribution < -0.4 is 15.0 Å². The third-order valence-corrected chi connectivity index (χ3v) is 6.03. The lowest BCUT2D eigenvalue weighted by Crippen LogP contribution is -2.29. The van der Waals surface area contributed by atoms with Crippen molar-refractivity contribution < 1.29 is 9.53 Å². The Bertz CT molecular complexity index is 1290. The molecular formula is C25H26N6O2. The molecule has 4 aromatic rings. The van der Waals surface area contributed by atoms with Crippen LogP contribution in [-0.4, -0.2) is 46.0 Å². The van der Waals surface area contributed by atoms with Crippen LogP contribution in [0.5, 0.6) is 5.88 Å². The van der Waals surface area contributed by atoms with Crippen molar-refractivity contribution in [2.45, 2.75) is 26.2 Å². The van der Waals surface area contributed by atoms with Crippen LogP contribution in [0.3, 0.4) is 0 Å². The molecule has 1 aromatic carbocycles. The molecule has 0 bridgehead atoms. The number of hydrogen-bond acceptors (Lipinski definition) is 6. The van der Waals surface area contributed by atoms with Crippen LogP contribution in [0.15, 0.2) is 48.8 Å². The number of piperidine rings is 1. The normalized spacial score (nSPS) is 13.8. The first-order valence-corrected chi connectivity index (χ1v) is 11.1. The lowest BCUT2D eigenvalue weighted by atomic mass is 10.1. The molecule has 8 nitrogen and oxygen atoms in total. The van der Waals surface area contributed by atoms with Crippen molar-refractivity contribution in [3.63, 3.8) is 0 Å². The van der Waals surface area contributed by atoms with E-state index in [9.17, 15) is 4.79 Å². The number of anilines is 2. The summed E-state index contributed by atoms with van der Waals surface area (Å²) in [6.45, 7) is 4.10. The number of pyridine rings is 2. The van der Waals surface area contributed by atoms with Gasteiger partial charge in [0.05, 0.1) is 24.6 Å². The molecule has 33 heavy (non-hydrogen) atoms. The monoisotopic (exact) mass is 442 g/mol. The van der Waals surface area contributed by atoms with Crippen LogP contribution in [0.1, 0.15) is 35.2 Å². The maximum atomic E-state index is 13.0. The first-order chi connectivity index (χ1) is 16.1. The van der Waals surface area contributed by atoms with Gasteiger partial charge in [0.1, 0.15) is 11.3 Å². The van der Waals surface area contributed by atoms with Gasteiger partial charge in [0.25, 0.3) is 5.91 Å². The molecule has 0 atom stereocenters. The van der Waals surface area contributed by atoms with E-state index in [1.165, 1.54) is 24.9 Å². The minimum absolute atomic E-state index is 0.268. The molecule has 0 aliphatic carbocycles. The second-order valence-corrected chi connectivity index (χ2v) is 8.23. The zero-order valence-electron chi connectivity index (χ0n) is 18.8. The van der Waals surface area contributed by atoms with Gasteiger partial charge in [0, 0.05) is 36.6 Å². The van der Waals surface area contributed by atoms with E-state index in [-0.39, 0.29) is 5.91 Å². The Kier molecular flexibility index (Phi) is 5.64. The molecule has 1 aliphatic heterocycles. The first kappa shape index (κ1) is 20.9. The molecule has 5 rings (SSSR count). The van der Waals surface area contributed by atoms with E-state index in [0.717, 1.165) is 24.2 Å². The second-order valence-electron chi connectivity index (χ2n) is 8.23. The van der Waals surface area contributed by atoms with Crippen LogP contribution in [0.25, 0.3) is 22.6 Å². The van der Waals surface area contributed by atoms with Gasteiger partial charge in [-0.15, -0.1) is 0 Å². The predicted molar refractivity (Wildman–Crippen MR) is 129 cm³/mol. The third kappa shape index (κ3) is 4.24. The molecule has 2 N–H and O–H groups in total. The fourth-order valence-corrected chi connectivity index (χ4v) is 4.18. The molecule has 1 amide bonds. The second kappa shape index (κ2) is 8.90. The Morgan fingerprint density at radius 1 is 1.09 bits per heavy atom. The van der Waals surface area contributed by atoms with E-state index in [0.29, 0.717) is 34.1 Å². The van der Waals surface area contributed by atoms with E-state index >= 15 is 0 Å². The Labute approximate surface area is 192 Å². The number of methoxy groups -OCH3 is 1. The maximum absolute atomic E-state index is 13.0. The van der Waals surface area contributed by atoms with Gasteiger partial charge in [-0.2, -0.15) is 0 Å². The van der Waals surface area contributed by atoms with Crippen molar-refractivity contribution in [3.05, 3.63) is 59.9 Å². The van der Waals surface area contributed by atoms with Crippen molar-refractivity contribution in [1.82, 2.24) is 19.9 Å². The van der Waals surface area contributed by atoms with Gasteiger partial charge in [-0.1, -0.05) is 0 Å². The molecule has 1 aliphatic rings. The van der Waals surface area contributed by atoms with Gasteiger partial charge >= 0.3 is 0 Å². The minimum atomic E-state index is -0.268. The van der Waals surface area contributed by atoms with Gasteiger partial charge < -0.3 is 19.9 Å². The predicted octanol–water partition coefficient (Wildman–Crippen LogP) is 4.58. The summed E-state index contributed by atoms with van der Waals surface area (Å²) in [5, 5.41) is 2.92. The number of carbonyl (C=O) groups is 1. The number of aryl methyl sites for hydroxylation is 1. The topological polar surface area (TPSA) is 96.0 Å². The van der Waals surface area contributed by atoms with Crippen molar-refractivity contribution in [2.24, 2.45) is 0 Å². The van der Waals surface area contributed by atoms with E-state index < -0.39 is 0 Å². The summed E-state index contributed by atoms with van der Waals surface area (Å²) in [7, 11) is 1.56. The summed E-state index contributed by atoms with van der Waals surface area (Å²) in [5.41, 5.74) is 5.22. The van der Waals surface area contributed by atoms with E-state index in [4.69, 9.17) is 9.72 Å². The molecule has 0 unspecified atom stereocenters. The molecule has 1 saturated heterocycles. The molecule has 3 aromatic heterocycles. The van der Waals surface area contributed by atoms with Crippen LogP contribution in [-0.2, 0) is 0 Å². The fraction of sp³-hybridized carbons (Fsp3) is 0.280. The van der Waals surface area contributed by atoms with Crippen LogP contribution in [0.2, 0.25) is 0 Å². The Morgan fingerprint density at radius 2 is 1.88 bits per heavy atom. The first-order valence-electron chi connectivity index (χ1n) is 11.1. The van der Waals surface area contributed by atoms with Gasteiger partial charge in [-0.3, -0.25) is 4.79 Å². The lowest BCUT2D eigenvalue weighted by molar-refractivity contribution is 0.102. The number of rotatable bonds is 5. The number of imidazole rings is 1. The number of aromatic nitrogens is 4. The quantitative estimate of drug-likeness (QED) is 0.470. The highest BCUT2D eigenvalue weighted by molar-refractivity contribution is 6.11. The molecule has 0 radical (unpaired) electrons. The summed E-state index contributed by atoms with van der Waals surface area (Å²) in [5.74, 6) is 0.918. The summed E-state index contributed by atoms with van der Waals surface area (Å²) in [6.07, 6.45) is 7.00. The van der Waals surface area contributed by atoms with Gasteiger partial charge in [-0.25, -0.2) is 15.0 Å². The number of H-pyrrole nitrogens is 1. The molecule has 168 valence electrons. The number of hydrogen-bond donors (Lipinski definition) is 2. The minimum Gasteiger partial charge on any atom is -0.481 e. The number of benzene rings is 1. The SMILES string of the molecule is COc1cc(C)c(NC(=O)c2ccnc3[nH]c(-c4ccc(N5CCCCC5)cc4)nc23)cn1. The molecule has 0 spiro atoms. The number of nitrogens with one attached hydrogen (secondary N) is 2. The van der Waals surface area contributed by atoms with E-state index in [1.807, 2.05) is 6.92 Å². The Hall–Kier alpha value is -3.94. The highest BCUT2D eigenvalue weighted by Gasteiger charge is 2.17. The van der Waals surface area contributed by atoms with Crippen LogP contribution in [0.4, 0.5) is 11.4 Å². The molecule has 4 heterocycles.